The smallest absolute Gasteiger partial charge is 0.246 e. The number of carbonyl (C=O) groups excluding carboxylic acids is 1. The summed E-state index contributed by atoms with van der Waals surface area (Å²) in [5.41, 5.74) is 2.62. The molecule has 0 fully saturated rings. The number of benzene rings is 1. The fourth-order valence-corrected chi connectivity index (χ4v) is 2.44. The van der Waals surface area contributed by atoms with Crippen LogP contribution in [-0.4, -0.2) is 32.6 Å². The summed E-state index contributed by atoms with van der Waals surface area (Å²) in [6, 6.07) is 5.73. The van der Waals surface area contributed by atoms with Gasteiger partial charge in [-0.05, 0) is 53.4 Å². The van der Waals surface area contributed by atoms with Gasteiger partial charge in [0.1, 0.15) is 6.54 Å². The Labute approximate surface area is 131 Å². The second-order valence-corrected chi connectivity index (χ2v) is 5.62. The number of anilines is 1. The highest BCUT2D eigenvalue weighted by atomic mass is 79.9. The lowest BCUT2D eigenvalue weighted by Crippen LogP contribution is -2.19. The molecule has 6 nitrogen and oxygen atoms in total. The van der Waals surface area contributed by atoms with Crippen molar-refractivity contribution in [2.24, 2.45) is 0 Å². The Morgan fingerprint density at radius 3 is 3.00 bits per heavy atom. The molecule has 2 N–H and O–H groups in total. The molecule has 7 heteroatoms. The summed E-state index contributed by atoms with van der Waals surface area (Å²) >= 11 is 3.42. The average molecular weight is 353 g/mol. The molecule has 0 saturated heterocycles. The third-order valence-electron chi connectivity index (χ3n) is 2.88. The maximum absolute atomic E-state index is 12.0. The SMILES string of the molecule is Cc1ccc(NC(=O)Cn2cc(CCCO)nn2)c(Br)c1. The number of amides is 1. The number of nitrogens with zero attached hydrogens (tertiary/aromatic N) is 3. The lowest BCUT2D eigenvalue weighted by molar-refractivity contribution is -0.116. The van der Waals surface area contributed by atoms with Gasteiger partial charge in [0, 0.05) is 17.3 Å². The summed E-state index contributed by atoms with van der Waals surface area (Å²) in [5.74, 6) is -0.168. The van der Waals surface area contributed by atoms with Crippen LogP contribution in [0.5, 0.6) is 0 Å². The van der Waals surface area contributed by atoms with Crippen molar-refractivity contribution in [2.45, 2.75) is 26.3 Å². The minimum Gasteiger partial charge on any atom is -0.396 e. The Kier molecular flexibility index (Phi) is 5.46. The molecule has 21 heavy (non-hydrogen) atoms. The minimum absolute atomic E-state index is 0.104. The molecule has 2 aromatic rings. The molecule has 0 atom stereocenters. The van der Waals surface area contributed by atoms with Gasteiger partial charge in [0.05, 0.1) is 11.4 Å². The molecule has 0 aliphatic heterocycles. The lowest BCUT2D eigenvalue weighted by atomic mass is 10.2. The van der Waals surface area contributed by atoms with Crippen molar-refractivity contribution in [1.82, 2.24) is 15.0 Å². The zero-order valence-electron chi connectivity index (χ0n) is 11.7. The number of aliphatic hydroxyl groups excluding tert-OH is 1. The number of nitrogens with one attached hydrogen (secondary N) is 1. The average Bonchev–Trinajstić information content (AvgIpc) is 2.87. The van der Waals surface area contributed by atoms with Crippen molar-refractivity contribution in [1.29, 1.82) is 0 Å². The van der Waals surface area contributed by atoms with Crippen LogP contribution in [0.3, 0.4) is 0 Å². The minimum atomic E-state index is -0.168. The molecular formula is C14H17BrN4O2. The Morgan fingerprint density at radius 1 is 1.48 bits per heavy atom. The van der Waals surface area contributed by atoms with Crippen LogP contribution in [0.25, 0.3) is 0 Å². The second-order valence-electron chi connectivity index (χ2n) is 4.77. The highest BCUT2D eigenvalue weighted by Crippen LogP contribution is 2.23. The normalized spacial score (nSPS) is 10.6. The molecule has 0 aliphatic rings. The molecule has 1 aromatic carbocycles. The van der Waals surface area contributed by atoms with E-state index in [1.807, 2.05) is 25.1 Å². The van der Waals surface area contributed by atoms with E-state index in [1.165, 1.54) is 4.68 Å². The van der Waals surface area contributed by atoms with Gasteiger partial charge in [0.25, 0.3) is 0 Å². The predicted molar refractivity (Wildman–Crippen MR) is 82.9 cm³/mol. The highest BCUT2D eigenvalue weighted by Gasteiger charge is 2.08. The van der Waals surface area contributed by atoms with Gasteiger partial charge < -0.3 is 10.4 Å². The van der Waals surface area contributed by atoms with E-state index in [1.54, 1.807) is 6.20 Å². The number of carbonyl (C=O) groups is 1. The Morgan fingerprint density at radius 2 is 2.29 bits per heavy atom. The van der Waals surface area contributed by atoms with Crippen molar-refractivity contribution in [2.75, 3.05) is 11.9 Å². The maximum atomic E-state index is 12.0. The number of aliphatic hydroxyl groups is 1. The van der Waals surface area contributed by atoms with E-state index in [-0.39, 0.29) is 19.1 Å². The molecule has 0 spiro atoms. The van der Waals surface area contributed by atoms with Crippen LogP contribution in [0.4, 0.5) is 5.69 Å². The van der Waals surface area contributed by atoms with Crippen LogP contribution in [-0.2, 0) is 17.8 Å². The molecule has 112 valence electrons. The van der Waals surface area contributed by atoms with E-state index >= 15 is 0 Å². The van der Waals surface area contributed by atoms with Crippen molar-refractivity contribution in [3.05, 3.63) is 40.1 Å². The van der Waals surface area contributed by atoms with Gasteiger partial charge in [-0.2, -0.15) is 0 Å². The van der Waals surface area contributed by atoms with Crippen molar-refractivity contribution < 1.29 is 9.90 Å². The Hall–Kier alpha value is -1.73. The fraction of sp³-hybridized carbons (Fsp3) is 0.357. The molecular weight excluding hydrogens is 336 g/mol. The van der Waals surface area contributed by atoms with Gasteiger partial charge in [-0.15, -0.1) is 5.10 Å². The van der Waals surface area contributed by atoms with Gasteiger partial charge in [0.2, 0.25) is 5.91 Å². The van der Waals surface area contributed by atoms with Crippen molar-refractivity contribution in [3.8, 4) is 0 Å². The first-order chi connectivity index (χ1) is 10.1. The second kappa shape index (κ2) is 7.33. The quantitative estimate of drug-likeness (QED) is 0.832. The van der Waals surface area contributed by atoms with Gasteiger partial charge >= 0.3 is 0 Å². The number of hydrogen-bond donors (Lipinski definition) is 2. The zero-order chi connectivity index (χ0) is 15.2. The van der Waals surface area contributed by atoms with E-state index in [0.29, 0.717) is 12.8 Å². The van der Waals surface area contributed by atoms with Crippen LogP contribution in [0.2, 0.25) is 0 Å². The van der Waals surface area contributed by atoms with E-state index < -0.39 is 0 Å². The van der Waals surface area contributed by atoms with Crippen LogP contribution in [0.15, 0.2) is 28.9 Å². The highest BCUT2D eigenvalue weighted by molar-refractivity contribution is 9.10. The van der Waals surface area contributed by atoms with Crippen molar-refractivity contribution >= 4 is 27.5 Å². The monoisotopic (exact) mass is 352 g/mol. The molecule has 1 aromatic heterocycles. The van der Waals surface area contributed by atoms with E-state index in [4.69, 9.17) is 5.11 Å². The molecule has 1 amide bonds. The molecule has 0 radical (unpaired) electrons. The van der Waals surface area contributed by atoms with E-state index in [2.05, 4.69) is 31.6 Å². The van der Waals surface area contributed by atoms with Gasteiger partial charge in [-0.25, -0.2) is 4.68 Å². The first kappa shape index (κ1) is 15.7. The fourth-order valence-electron chi connectivity index (χ4n) is 1.85. The van der Waals surface area contributed by atoms with Crippen LogP contribution in [0, 0.1) is 6.92 Å². The number of aryl methyl sites for hydroxylation is 2. The van der Waals surface area contributed by atoms with E-state index in [0.717, 1.165) is 21.4 Å². The zero-order valence-corrected chi connectivity index (χ0v) is 13.3. The number of hydrogen-bond acceptors (Lipinski definition) is 4. The maximum Gasteiger partial charge on any atom is 0.246 e. The Bertz CT molecular complexity index is 627. The summed E-state index contributed by atoms with van der Waals surface area (Å²) in [6.45, 7) is 2.21. The molecule has 2 rings (SSSR count). The van der Waals surface area contributed by atoms with E-state index in [9.17, 15) is 4.79 Å². The third kappa shape index (κ3) is 4.64. The third-order valence-corrected chi connectivity index (χ3v) is 3.54. The molecule has 0 unspecified atom stereocenters. The van der Waals surface area contributed by atoms with Gasteiger partial charge in [0.15, 0.2) is 0 Å². The van der Waals surface area contributed by atoms with Gasteiger partial charge in [-0.3, -0.25) is 4.79 Å². The van der Waals surface area contributed by atoms with Crippen LogP contribution < -0.4 is 5.32 Å². The first-order valence-electron chi connectivity index (χ1n) is 6.64. The molecule has 0 bridgehead atoms. The molecule has 0 aliphatic carbocycles. The lowest BCUT2D eigenvalue weighted by Gasteiger charge is -2.07. The number of rotatable bonds is 6. The standard InChI is InChI=1S/C14H17BrN4O2/c1-10-4-5-13(12(15)7-10)16-14(21)9-19-8-11(17-18-19)3-2-6-20/h4-5,7-8,20H,2-3,6,9H2,1H3,(H,16,21). The molecule has 0 saturated carbocycles. The number of aromatic nitrogens is 3. The topological polar surface area (TPSA) is 80.0 Å². The van der Waals surface area contributed by atoms with Crippen LogP contribution >= 0.6 is 15.9 Å². The summed E-state index contributed by atoms with van der Waals surface area (Å²) in [6.07, 6.45) is 3.02. The first-order valence-corrected chi connectivity index (χ1v) is 7.43. The summed E-state index contributed by atoms with van der Waals surface area (Å²) in [7, 11) is 0. The van der Waals surface area contributed by atoms with Gasteiger partial charge in [-0.1, -0.05) is 11.3 Å². The van der Waals surface area contributed by atoms with Crippen LogP contribution in [0.1, 0.15) is 17.7 Å². The number of halogens is 1. The predicted octanol–water partition coefficient (Wildman–Crippen LogP) is 1.91. The van der Waals surface area contributed by atoms with Crippen molar-refractivity contribution in [3.63, 3.8) is 0 Å². The summed E-state index contributed by atoms with van der Waals surface area (Å²) < 4.78 is 2.34. The largest absolute Gasteiger partial charge is 0.396 e. The summed E-state index contributed by atoms with van der Waals surface area (Å²) in [5, 5.41) is 19.4. The Balaban J connectivity index is 1.93. The summed E-state index contributed by atoms with van der Waals surface area (Å²) in [4.78, 5) is 12.0. The molecule has 1 heterocycles.